The maximum atomic E-state index is 11.1. The van der Waals surface area contributed by atoms with Gasteiger partial charge in [0, 0.05) is 6.42 Å². The van der Waals surface area contributed by atoms with Crippen molar-refractivity contribution in [3.05, 3.63) is 23.8 Å². The Balaban J connectivity index is 2.44. The molecule has 0 bridgehead atoms. The number of ether oxygens (including phenoxy) is 3. The molecule has 0 radical (unpaired) electrons. The van der Waals surface area contributed by atoms with E-state index in [0.717, 1.165) is 0 Å². The third kappa shape index (κ3) is 4.99. The van der Waals surface area contributed by atoms with Gasteiger partial charge in [0.25, 0.3) is 0 Å². The monoisotopic (exact) mass is 266 g/mol. The number of esters is 1. The second-order valence-corrected chi connectivity index (χ2v) is 3.78. The molecule has 0 aliphatic heterocycles. The number of rotatable bonds is 8. The van der Waals surface area contributed by atoms with Crippen LogP contribution in [0.5, 0.6) is 11.5 Å². The molecule has 0 aliphatic rings. The number of carbonyl (C=O) groups excluding carboxylic acids is 2. The molecule has 0 N–H and O–H groups in total. The Kier molecular flexibility index (Phi) is 6.43. The molecule has 0 saturated carbocycles. The Morgan fingerprint density at radius 1 is 1.37 bits per heavy atom. The molecule has 0 atom stereocenters. The molecule has 0 unspecified atom stereocenters. The molecule has 19 heavy (non-hydrogen) atoms. The smallest absolute Gasteiger partial charge is 0.305 e. The van der Waals surface area contributed by atoms with E-state index in [2.05, 4.69) is 0 Å². The van der Waals surface area contributed by atoms with Crippen LogP contribution in [0.4, 0.5) is 0 Å². The van der Waals surface area contributed by atoms with E-state index in [1.807, 2.05) is 0 Å². The fraction of sp³-hybridized carbons (Fsp3) is 0.429. The number of aldehydes is 1. The van der Waals surface area contributed by atoms with Gasteiger partial charge in [0.2, 0.25) is 0 Å². The molecule has 1 rings (SSSR count). The minimum atomic E-state index is -0.239. The van der Waals surface area contributed by atoms with Crippen LogP contribution in [0.2, 0.25) is 0 Å². The maximum absolute atomic E-state index is 11.1. The van der Waals surface area contributed by atoms with Crippen LogP contribution >= 0.6 is 0 Å². The Labute approximate surface area is 112 Å². The highest BCUT2D eigenvalue weighted by Crippen LogP contribution is 2.22. The summed E-state index contributed by atoms with van der Waals surface area (Å²) in [5.74, 6) is 0.845. The Morgan fingerprint density at radius 2 is 2.16 bits per heavy atom. The molecule has 0 aromatic heterocycles. The first-order valence-electron chi connectivity index (χ1n) is 6.13. The van der Waals surface area contributed by atoms with Crippen LogP contribution in [-0.2, 0) is 9.53 Å². The second kappa shape index (κ2) is 8.13. The van der Waals surface area contributed by atoms with Crippen LogP contribution < -0.4 is 9.47 Å². The van der Waals surface area contributed by atoms with E-state index in [1.54, 1.807) is 25.1 Å². The van der Waals surface area contributed by atoms with Crippen molar-refractivity contribution in [3.63, 3.8) is 0 Å². The summed E-state index contributed by atoms with van der Waals surface area (Å²) >= 11 is 0. The van der Waals surface area contributed by atoms with E-state index in [-0.39, 0.29) is 5.97 Å². The van der Waals surface area contributed by atoms with E-state index in [4.69, 9.17) is 14.2 Å². The fourth-order valence-corrected chi connectivity index (χ4v) is 1.51. The van der Waals surface area contributed by atoms with Crippen LogP contribution in [0, 0.1) is 0 Å². The van der Waals surface area contributed by atoms with Crippen molar-refractivity contribution in [2.24, 2.45) is 0 Å². The number of hydrogen-bond donors (Lipinski definition) is 0. The van der Waals surface area contributed by atoms with E-state index in [1.165, 1.54) is 7.11 Å². The van der Waals surface area contributed by atoms with Gasteiger partial charge in [-0.15, -0.1) is 0 Å². The summed E-state index contributed by atoms with van der Waals surface area (Å²) in [6.45, 7) is 2.50. The zero-order chi connectivity index (χ0) is 14.1. The molecule has 0 spiro atoms. The molecular weight excluding hydrogens is 248 g/mol. The van der Waals surface area contributed by atoms with Crippen molar-refractivity contribution in [2.45, 2.75) is 19.8 Å². The molecule has 0 saturated heterocycles. The summed E-state index contributed by atoms with van der Waals surface area (Å²) in [5.41, 5.74) is 0.426. The lowest BCUT2D eigenvalue weighted by molar-refractivity contribution is -0.143. The van der Waals surface area contributed by atoms with Gasteiger partial charge >= 0.3 is 5.97 Å². The van der Waals surface area contributed by atoms with Gasteiger partial charge in [0.05, 0.1) is 25.9 Å². The van der Waals surface area contributed by atoms with Gasteiger partial charge in [-0.2, -0.15) is 0 Å². The lowest BCUT2D eigenvalue weighted by Crippen LogP contribution is -2.07. The summed E-state index contributed by atoms with van der Waals surface area (Å²) in [5, 5.41) is 0. The predicted molar refractivity (Wildman–Crippen MR) is 69.7 cm³/mol. The van der Waals surface area contributed by atoms with Crippen LogP contribution in [0.3, 0.4) is 0 Å². The minimum Gasteiger partial charge on any atom is -0.497 e. The van der Waals surface area contributed by atoms with Crippen molar-refractivity contribution >= 4 is 12.3 Å². The van der Waals surface area contributed by atoms with Crippen molar-refractivity contribution in [2.75, 3.05) is 20.3 Å². The zero-order valence-electron chi connectivity index (χ0n) is 11.2. The first kappa shape index (κ1) is 15.0. The van der Waals surface area contributed by atoms with Crippen LogP contribution in [0.15, 0.2) is 18.2 Å². The number of carbonyl (C=O) groups is 2. The van der Waals surface area contributed by atoms with E-state index in [0.29, 0.717) is 49.4 Å². The molecule has 1 aromatic rings. The molecule has 0 heterocycles. The SMILES string of the molecule is CCOC(=O)CCCOc1ccc(OC)cc1C=O. The van der Waals surface area contributed by atoms with Gasteiger partial charge in [-0.3, -0.25) is 9.59 Å². The molecule has 5 heteroatoms. The molecule has 0 aliphatic carbocycles. The molecular formula is C14H18O5. The van der Waals surface area contributed by atoms with Gasteiger partial charge in [0.15, 0.2) is 6.29 Å². The third-order valence-electron chi connectivity index (χ3n) is 2.43. The van der Waals surface area contributed by atoms with Crippen LogP contribution in [0.1, 0.15) is 30.1 Å². The van der Waals surface area contributed by atoms with Crippen molar-refractivity contribution in [3.8, 4) is 11.5 Å². The summed E-state index contributed by atoms with van der Waals surface area (Å²) in [7, 11) is 1.53. The molecule has 0 fully saturated rings. The Morgan fingerprint density at radius 3 is 2.79 bits per heavy atom. The molecule has 104 valence electrons. The van der Waals surface area contributed by atoms with Crippen molar-refractivity contribution < 1.29 is 23.8 Å². The van der Waals surface area contributed by atoms with Gasteiger partial charge in [-0.05, 0) is 31.5 Å². The van der Waals surface area contributed by atoms with Crippen molar-refractivity contribution in [1.29, 1.82) is 0 Å². The lowest BCUT2D eigenvalue weighted by atomic mass is 10.2. The second-order valence-electron chi connectivity index (χ2n) is 3.78. The number of hydrogen-bond acceptors (Lipinski definition) is 5. The number of methoxy groups -OCH3 is 1. The Bertz CT molecular complexity index is 428. The molecule has 1 aromatic carbocycles. The highest BCUT2D eigenvalue weighted by molar-refractivity contribution is 5.80. The van der Waals surface area contributed by atoms with Gasteiger partial charge in [0.1, 0.15) is 11.5 Å². The summed E-state index contributed by atoms with van der Waals surface area (Å²) in [4.78, 5) is 22.0. The zero-order valence-corrected chi connectivity index (χ0v) is 11.2. The van der Waals surface area contributed by atoms with Crippen molar-refractivity contribution in [1.82, 2.24) is 0 Å². The first-order chi connectivity index (χ1) is 9.21. The normalized spacial score (nSPS) is 9.79. The maximum Gasteiger partial charge on any atom is 0.305 e. The summed E-state index contributed by atoms with van der Waals surface area (Å²) < 4.78 is 15.3. The fourth-order valence-electron chi connectivity index (χ4n) is 1.51. The van der Waals surface area contributed by atoms with Gasteiger partial charge in [-0.1, -0.05) is 0 Å². The van der Waals surface area contributed by atoms with Gasteiger partial charge < -0.3 is 14.2 Å². The van der Waals surface area contributed by atoms with E-state index >= 15 is 0 Å². The predicted octanol–water partition coefficient (Wildman–Crippen LogP) is 2.23. The summed E-state index contributed by atoms with van der Waals surface area (Å²) in [6.07, 6.45) is 1.56. The number of benzene rings is 1. The quantitative estimate of drug-likeness (QED) is 0.410. The average Bonchev–Trinajstić information content (AvgIpc) is 2.44. The van der Waals surface area contributed by atoms with Gasteiger partial charge in [-0.25, -0.2) is 0 Å². The Hall–Kier alpha value is -2.04. The largest absolute Gasteiger partial charge is 0.497 e. The minimum absolute atomic E-state index is 0.239. The lowest BCUT2D eigenvalue weighted by Gasteiger charge is -2.09. The first-order valence-corrected chi connectivity index (χ1v) is 6.13. The van der Waals surface area contributed by atoms with E-state index in [9.17, 15) is 9.59 Å². The molecule has 0 amide bonds. The summed E-state index contributed by atoms with van der Waals surface area (Å²) in [6, 6.07) is 4.99. The highest BCUT2D eigenvalue weighted by Gasteiger charge is 2.06. The molecule has 5 nitrogen and oxygen atoms in total. The van der Waals surface area contributed by atoms with Crippen LogP contribution in [-0.4, -0.2) is 32.6 Å². The van der Waals surface area contributed by atoms with E-state index < -0.39 is 0 Å². The standard InChI is InChI=1S/C14H18O5/c1-3-18-14(16)5-4-8-19-13-7-6-12(17-2)9-11(13)10-15/h6-7,9-10H,3-5,8H2,1-2H3. The topological polar surface area (TPSA) is 61.8 Å². The average molecular weight is 266 g/mol. The third-order valence-corrected chi connectivity index (χ3v) is 2.43. The van der Waals surface area contributed by atoms with Crippen LogP contribution in [0.25, 0.3) is 0 Å². The highest BCUT2D eigenvalue weighted by atomic mass is 16.5.